The number of hydrogen-bond acceptors (Lipinski definition) is 2. The minimum Gasteiger partial charge on any atom is -0.821 e. The van der Waals surface area contributed by atoms with E-state index in [-0.39, 0.29) is 29.6 Å². The smallest absolute Gasteiger partial charge is 0.821 e. The van der Waals surface area contributed by atoms with Crippen LogP contribution in [0.5, 0.6) is 0 Å². The first-order valence-electron chi connectivity index (χ1n) is 1.26. The summed E-state index contributed by atoms with van der Waals surface area (Å²) >= 11 is 4.38. The topological polar surface area (TPSA) is 23.1 Å². The monoisotopic (exact) mass is 132 g/mol. The van der Waals surface area contributed by atoms with Gasteiger partial charge in [0, 0.05) is 0 Å². The maximum Gasteiger partial charge on any atom is 1.00 e. The van der Waals surface area contributed by atoms with Gasteiger partial charge >= 0.3 is 29.6 Å². The Kier molecular flexibility index (Phi) is 6.33. The zero-order valence-electron chi connectivity index (χ0n) is 4.26. The predicted molar refractivity (Wildman–Crippen MR) is 26.1 cm³/mol. The minimum atomic E-state index is -2.06. The van der Waals surface area contributed by atoms with Gasteiger partial charge < -0.3 is 4.89 Å². The average molecular weight is 132 g/mol. The molecule has 0 unspecified atom stereocenters. The molecule has 32 valence electrons. The van der Waals surface area contributed by atoms with Gasteiger partial charge in [0.05, 0.1) is 0 Å². The number of rotatable bonds is 0. The molecule has 1 nitrogen and oxygen atoms in total. The minimum absolute atomic E-state index is 0. The zero-order chi connectivity index (χ0) is 4.50. The van der Waals surface area contributed by atoms with Crippen molar-refractivity contribution in [1.29, 1.82) is 0 Å². The van der Waals surface area contributed by atoms with Gasteiger partial charge in [0.2, 0.25) is 0 Å². The standard InChI is InChI=1S/C2H7OPS.Na/c1-4(2,3)5;/h1-2H3,(H,3,5);/q;+1/p-1. The van der Waals surface area contributed by atoms with Crippen LogP contribution < -0.4 is 34.5 Å². The van der Waals surface area contributed by atoms with Gasteiger partial charge in [-0.25, -0.2) is 0 Å². The van der Waals surface area contributed by atoms with E-state index in [4.69, 9.17) is 0 Å². The van der Waals surface area contributed by atoms with Crippen molar-refractivity contribution in [3.05, 3.63) is 0 Å². The van der Waals surface area contributed by atoms with E-state index in [0.29, 0.717) is 0 Å². The normalized spacial score (nSPS) is 9.83. The largest absolute Gasteiger partial charge is 1.00 e. The summed E-state index contributed by atoms with van der Waals surface area (Å²) in [7, 11) is 0. The Labute approximate surface area is 65.5 Å². The fourth-order valence-electron chi connectivity index (χ4n) is 0. The third kappa shape index (κ3) is 46.0. The quantitative estimate of drug-likeness (QED) is 0.259. The molecule has 0 aromatic rings. The first-order chi connectivity index (χ1) is 2.00. The molecule has 0 atom stereocenters. The van der Waals surface area contributed by atoms with Crippen molar-refractivity contribution in [3.8, 4) is 0 Å². The van der Waals surface area contributed by atoms with Gasteiger partial charge in [-0.15, -0.1) is 18.1 Å². The van der Waals surface area contributed by atoms with E-state index in [1.54, 1.807) is 13.3 Å². The van der Waals surface area contributed by atoms with Crippen molar-refractivity contribution < 1.29 is 34.5 Å². The van der Waals surface area contributed by atoms with E-state index in [9.17, 15) is 4.89 Å². The summed E-state index contributed by atoms with van der Waals surface area (Å²) in [6.07, 6.45) is -2.06. The molecular weight excluding hydrogens is 126 g/mol. The van der Waals surface area contributed by atoms with Crippen molar-refractivity contribution >= 4 is 18.1 Å². The molecule has 0 radical (unpaired) electrons. The predicted octanol–water partition coefficient (Wildman–Crippen LogP) is -3.00. The van der Waals surface area contributed by atoms with Crippen molar-refractivity contribution in [2.45, 2.75) is 0 Å². The average Bonchev–Trinajstić information content (AvgIpc) is 0.722. The molecule has 0 aromatic carbocycles. The Balaban J connectivity index is 0. The summed E-state index contributed by atoms with van der Waals surface area (Å²) in [4.78, 5) is 10.0. The molecule has 0 aromatic heterocycles. The fourth-order valence-corrected chi connectivity index (χ4v) is 0. The molecule has 0 saturated heterocycles. The first kappa shape index (κ1) is 10.6. The molecule has 0 heterocycles. The maximum atomic E-state index is 10.0. The molecule has 0 N–H and O–H groups in total. The molecule has 4 heteroatoms. The summed E-state index contributed by atoms with van der Waals surface area (Å²) in [5, 5.41) is 0. The van der Waals surface area contributed by atoms with Crippen molar-refractivity contribution in [1.82, 2.24) is 0 Å². The Morgan fingerprint density at radius 1 is 1.50 bits per heavy atom. The van der Waals surface area contributed by atoms with Gasteiger partial charge in [-0.1, -0.05) is 0 Å². The van der Waals surface area contributed by atoms with E-state index in [1.165, 1.54) is 0 Å². The van der Waals surface area contributed by atoms with Gasteiger partial charge in [0.25, 0.3) is 0 Å². The molecule has 0 aliphatic carbocycles. The van der Waals surface area contributed by atoms with Gasteiger partial charge in [-0.3, -0.25) is 0 Å². The summed E-state index contributed by atoms with van der Waals surface area (Å²) < 4.78 is 0. The second kappa shape index (κ2) is 3.59. The van der Waals surface area contributed by atoms with Gasteiger partial charge in [-0.2, -0.15) is 0 Å². The van der Waals surface area contributed by atoms with E-state index in [0.717, 1.165) is 0 Å². The molecule has 0 saturated carbocycles. The van der Waals surface area contributed by atoms with E-state index in [1.807, 2.05) is 0 Å². The summed E-state index contributed by atoms with van der Waals surface area (Å²) in [6, 6.07) is 0. The van der Waals surface area contributed by atoms with Gasteiger partial charge in [-0.05, 0) is 13.3 Å². The van der Waals surface area contributed by atoms with E-state index < -0.39 is 6.26 Å². The second-order valence-corrected chi connectivity index (χ2v) is 6.39. The molecule has 0 spiro atoms. The van der Waals surface area contributed by atoms with Crippen LogP contribution in [-0.2, 0) is 11.8 Å². The SMILES string of the molecule is CP(C)([O-])=S.[Na+]. The van der Waals surface area contributed by atoms with Crippen LogP contribution >= 0.6 is 6.26 Å². The first-order valence-corrected chi connectivity index (χ1v) is 4.87. The Morgan fingerprint density at radius 3 is 1.50 bits per heavy atom. The summed E-state index contributed by atoms with van der Waals surface area (Å²) in [5.74, 6) is 0. The summed E-state index contributed by atoms with van der Waals surface area (Å²) in [6.45, 7) is 3.12. The van der Waals surface area contributed by atoms with Crippen molar-refractivity contribution in [2.75, 3.05) is 13.3 Å². The fraction of sp³-hybridized carbons (Fsp3) is 1.00. The van der Waals surface area contributed by atoms with Crippen LogP contribution in [0.25, 0.3) is 0 Å². The van der Waals surface area contributed by atoms with Crippen LogP contribution in [0.4, 0.5) is 0 Å². The molecule has 0 rings (SSSR count). The second-order valence-electron chi connectivity index (χ2n) is 1.25. The molecule has 0 bridgehead atoms. The van der Waals surface area contributed by atoms with Crippen LogP contribution in [-0.4, -0.2) is 13.3 Å². The van der Waals surface area contributed by atoms with Gasteiger partial charge in [0.15, 0.2) is 0 Å². The zero-order valence-corrected chi connectivity index (χ0v) is 7.97. The summed E-state index contributed by atoms with van der Waals surface area (Å²) in [5.41, 5.74) is 0. The van der Waals surface area contributed by atoms with Crippen LogP contribution in [0, 0.1) is 0 Å². The molecule has 0 amide bonds. The van der Waals surface area contributed by atoms with Crippen LogP contribution in [0.15, 0.2) is 0 Å². The van der Waals surface area contributed by atoms with Crippen molar-refractivity contribution in [2.24, 2.45) is 0 Å². The van der Waals surface area contributed by atoms with E-state index in [2.05, 4.69) is 11.8 Å². The maximum absolute atomic E-state index is 10.0. The Hall–Kier alpha value is 1.61. The molecular formula is C2H6NaOPS. The van der Waals surface area contributed by atoms with Crippen LogP contribution in [0.1, 0.15) is 0 Å². The molecule has 0 aliphatic heterocycles. The Morgan fingerprint density at radius 2 is 1.50 bits per heavy atom. The van der Waals surface area contributed by atoms with E-state index >= 15 is 0 Å². The molecule has 6 heavy (non-hydrogen) atoms. The third-order valence-electron chi connectivity index (χ3n) is 0. The molecule has 0 fully saturated rings. The number of hydrogen-bond donors (Lipinski definition) is 0. The van der Waals surface area contributed by atoms with Crippen LogP contribution in [0.3, 0.4) is 0 Å². The third-order valence-corrected chi connectivity index (χ3v) is 0. The molecule has 0 aliphatic rings. The van der Waals surface area contributed by atoms with Crippen molar-refractivity contribution in [3.63, 3.8) is 0 Å². The Bertz CT molecular complexity index is 59.7. The van der Waals surface area contributed by atoms with Gasteiger partial charge in [0.1, 0.15) is 0 Å². The van der Waals surface area contributed by atoms with Crippen LogP contribution in [0.2, 0.25) is 0 Å².